The van der Waals surface area contributed by atoms with E-state index in [1.165, 1.54) is 0 Å². The summed E-state index contributed by atoms with van der Waals surface area (Å²) in [5.41, 5.74) is 1.05. The van der Waals surface area contributed by atoms with E-state index in [0.29, 0.717) is 11.6 Å². The van der Waals surface area contributed by atoms with Gasteiger partial charge in [0.25, 0.3) is 0 Å². The molecule has 1 aliphatic rings. The highest BCUT2D eigenvalue weighted by molar-refractivity contribution is 14.0. The minimum absolute atomic E-state index is 0. The average Bonchev–Trinajstić information content (AvgIpc) is 2.72. The number of ether oxygens (including phenoxy) is 1. The van der Waals surface area contributed by atoms with Gasteiger partial charge in [-0.15, -0.1) is 24.0 Å². The summed E-state index contributed by atoms with van der Waals surface area (Å²) in [5, 5.41) is 4.15. The van der Waals surface area contributed by atoms with E-state index >= 15 is 0 Å². The molecular formula is C20H27ClIN5O. The summed E-state index contributed by atoms with van der Waals surface area (Å²) < 4.78 is 5.64. The Labute approximate surface area is 189 Å². The van der Waals surface area contributed by atoms with Gasteiger partial charge < -0.3 is 19.9 Å². The van der Waals surface area contributed by atoms with E-state index < -0.39 is 0 Å². The monoisotopic (exact) mass is 515 g/mol. The molecule has 1 N–H and O–H groups in total. The summed E-state index contributed by atoms with van der Waals surface area (Å²) in [7, 11) is 3.52. The van der Waals surface area contributed by atoms with Crippen LogP contribution in [0.15, 0.2) is 53.7 Å². The van der Waals surface area contributed by atoms with Crippen molar-refractivity contribution in [1.29, 1.82) is 0 Å². The zero-order valence-electron chi connectivity index (χ0n) is 16.2. The van der Waals surface area contributed by atoms with Crippen LogP contribution < -0.4 is 10.2 Å². The number of aliphatic imine (C=N–C) groups is 1. The molecule has 2 aromatic rings. The van der Waals surface area contributed by atoms with Crippen molar-refractivity contribution >= 4 is 47.4 Å². The molecule has 0 spiro atoms. The van der Waals surface area contributed by atoms with Crippen LogP contribution in [0, 0.1) is 0 Å². The first-order valence-corrected chi connectivity index (χ1v) is 9.49. The van der Waals surface area contributed by atoms with Crippen molar-refractivity contribution in [3.05, 3.63) is 59.2 Å². The molecule has 1 aromatic heterocycles. The fraction of sp³-hybridized carbons (Fsp3) is 0.400. The number of piperazine rings is 1. The van der Waals surface area contributed by atoms with Gasteiger partial charge >= 0.3 is 0 Å². The lowest BCUT2D eigenvalue weighted by atomic mass is 10.1. The van der Waals surface area contributed by atoms with E-state index in [1.54, 1.807) is 7.11 Å². The van der Waals surface area contributed by atoms with E-state index in [-0.39, 0.29) is 30.1 Å². The van der Waals surface area contributed by atoms with Crippen LogP contribution in [-0.2, 0) is 4.74 Å². The summed E-state index contributed by atoms with van der Waals surface area (Å²) in [6, 6.07) is 13.8. The summed E-state index contributed by atoms with van der Waals surface area (Å²) in [4.78, 5) is 13.4. The molecule has 1 aliphatic heterocycles. The smallest absolute Gasteiger partial charge is 0.193 e. The minimum Gasteiger partial charge on any atom is -0.375 e. The van der Waals surface area contributed by atoms with Crippen molar-refractivity contribution in [3.63, 3.8) is 0 Å². The highest BCUT2D eigenvalue weighted by Crippen LogP contribution is 2.20. The number of pyridine rings is 1. The Morgan fingerprint density at radius 3 is 2.61 bits per heavy atom. The standard InChI is InChI=1S/C20H26ClN5O.HI/c1-22-20(24-15-18(27-2)16-6-5-7-17(21)14-16)26-12-10-25(11-13-26)19-8-3-4-9-23-19;/h3-9,14,18H,10-13,15H2,1-2H3,(H,22,24);1H. The SMILES string of the molecule is CN=C(NCC(OC)c1cccc(Cl)c1)N1CCN(c2ccccn2)CC1.I. The first kappa shape index (κ1) is 22.7. The number of rotatable bonds is 5. The van der Waals surface area contributed by atoms with Gasteiger partial charge in [0.05, 0.1) is 6.10 Å². The first-order valence-electron chi connectivity index (χ1n) is 9.11. The molecule has 1 atom stereocenters. The van der Waals surface area contributed by atoms with Crippen molar-refractivity contribution < 1.29 is 4.74 Å². The molecule has 1 aromatic carbocycles. The van der Waals surface area contributed by atoms with Crippen LogP contribution in [0.25, 0.3) is 0 Å². The predicted octanol–water partition coefficient (Wildman–Crippen LogP) is 3.44. The third-order valence-corrected chi connectivity index (χ3v) is 4.95. The van der Waals surface area contributed by atoms with Crippen LogP contribution in [0.2, 0.25) is 5.02 Å². The van der Waals surface area contributed by atoms with Crippen LogP contribution in [0.5, 0.6) is 0 Å². The topological polar surface area (TPSA) is 53.0 Å². The van der Waals surface area contributed by atoms with E-state index in [1.807, 2.05) is 49.6 Å². The lowest BCUT2D eigenvalue weighted by Gasteiger charge is -2.37. The van der Waals surface area contributed by atoms with Gasteiger partial charge in [0.1, 0.15) is 5.82 Å². The van der Waals surface area contributed by atoms with Gasteiger partial charge in [-0.05, 0) is 29.8 Å². The van der Waals surface area contributed by atoms with Gasteiger partial charge in [0.2, 0.25) is 0 Å². The molecule has 2 heterocycles. The number of nitrogens with zero attached hydrogens (tertiary/aromatic N) is 4. The van der Waals surface area contributed by atoms with Crippen LogP contribution >= 0.6 is 35.6 Å². The molecule has 0 aliphatic carbocycles. The second kappa shape index (κ2) is 11.4. The zero-order chi connectivity index (χ0) is 19.1. The first-order chi connectivity index (χ1) is 13.2. The molecule has 8 heteroatoms. The van der Waals surface area contributed by atoms with E-state index in [9.17, 15) is 0 Å². The van der Waals surface area contributed by atoms with Crippen LogP contribution in [0.1, 0.15) is 11.7 Å². The number of aromatic nitrogens is 1. The van der Waals surface area contributed by atoms with Crippen molar-refractivity contribution in [1.82, 2.24) is 15.2 Å². The van der Waals surface area contributed by atoms with Crippen LogP contribution in [0.3, 0.4) is 0 Å². The molecule has 152 valence electrons. The maximum absolute atomic E-state index is 6.10. The Hall–Kier alpha value is -1.58. The molecule has 6 nitrogen and oxygen atoms in total. The van der Waals surface area contributed by atoms with E-state index in [0.717, 1.165) is 43.5 Å². The number of halogens is 2. The van der Waals surface area contributed by atoms with Gasteiger partial charge in [-0.25, -0.2) is 4.98 Å². The molecule has 3 rings (SSSR count). The quantitative estimate of drug-likeness (QED) is 0.376. The Balaban J connectivity index is 0.00000280. The zero-order valence-corrected chi connectivity index (χ0v) is 19.3. The number of methoxy groups -OCH3 is 1. The maximum atomic E-state index is 6.10. The Morgan fingerprint density at radius 2 is 2.00 bits per heavy atom. The lowest BCUT2D eigenvalue weighted by molar-refractivity contribution is 0.105. The Morgan fingerprint density at radius 1 is 1.21 bits per heavy atom. The highest BCUT2D eigenvalue weighted by Gasteiger charge is 2.21. The highest BCUT2D eigenvalue weighted by atomic mass is 127. The third-order valence-electron chi connectivity index (χ3n) is 4.71. The maximum Gasteiger partial charge on any atom is 0.193 e. The van der Waals surface area contributed by atoms with E-state index in [4.69, 9.17) is 16.3 Å². The number of hydrogen-bond acceptors (Lipinski definition) is 4. The molecule has 1 saturated heterocycles. The van der Waals surface area contributed by atoms with Gasteiger partial charge in [0.15, 0.2) is 5.96 Å². The van der Waals surface area contributed by atoms with Gasteiger partial charge in [-0.1, -0.05) is 29.8 Å². The van der Waals surface area contributed by atoms with E-state index in [2.05, 4.69) is 31.2 Å². The molecule has 0 bridgehead atoms. The summed E-state index contributed by atoms with van der Waals surface area (Å²) in [5.74, 6) is 1.92. The molecule has 28 heavy (non-hydrogen) atoms. The molecule has 0 saturated carbocycles. The average molecular weight is 516 g/mol. The normalized spacial score (nSPS) is 15.8. The van der Waals surface area contributed by atoms with Crippen molar-refractivity contribution in [2.75, 3.05) is 51.8 Å². The number of nitrogens with one attached hydrogen (secondary N) is 1. The third kappa shape index (κ3) is 5.96. The van der Waals surface area contributed by atoms with Crippen LogP contribution in [-0.4, -0.2) is 62.7 Å². The summed E-state index contributed by atoms with van der Waals surface area (Å²) >= 11 is 6.10. The summed E-state index contributed by atoms with van der Waals surface area (Å²) in [6.45, 7) is 4.25. The van der Waals surface area contributed by atoms with Gasteiger partial charge in [0, 0.05) is 58.1 Å². The molecule has 0 radical (unpaired) electrons. The fourth-order valence-electron chi connectivity index (χ4n) is 3.25. The van der Waals surface area contributed by atoms with Gasteiger partial charge in [-0.2, -0.15) is 0 Å². The second-order valence-corrected chi connectivity index (χ2v) is 6.81. The van der Waals surface area contributed by atoms with Crippen LogP contribution in [0.4, 0.5) is 5.82 Å². The summed E-state index contributed by atoms with van der Waals surface area (Å²) in [6.07, 6.45) is 1.75. The largest absolute Gasteiger partial charge is 0.375 e. The fourth-order valence-corrected chi connectivity index (χ4v) is 3.45. The van der Waals surface area contributed by atoms with Crippen molar-refractivity contribution in [2.45, 2.75) is 6.10 Å². The molecule has 1 fully saturated rings. The molecule has 0 amide bonds. The molecule has 1 unspecified atom stereocenters. The Kier molecular flexibility index (Phi) is 9.27. The van der Waals surface area contributed by atoms with Gasteiger partial charge in [-0.3, -0.25) is 4.99 Å². The Bertz CT molecular complexity index is 753. The van der Waals surface area contributed by atoms with Crippen molar-refractivity contribution in [2.24, 2.45) is 4.99 Å². The van der Waals surface area contributed by atoms with Crippen molar-refractivity contribution in [3.8, 4) is 0 Å². The number of guanidine groups is 1. The predicted molar refractivity (Wildman–Crippen MR) is 126 cm³/mol. The number of hydrogen-bond donors (Lipinski definition) is 1. The lowest BCUT2D eigenvalue weighted by Crippen LogP contribution is -2.53. The second-order valence-electron chi connectivity index (χ2n) is 6.37. The number of anilines is 1. The number of benzene rings is 1. The molecular weight excluding hydrogens is 489 g/mol. The minimum atomic E-state index is -0.0877.